The second-order valence-corrected chi connectivity index (χ2v) is 7.52. The number of aromatic nitrogens is 1. The number of aryl methyl sites for hydroxylation is 1. The van der Waals surface area contributed by atoms with Crippen molar-refractivity contribution in [3.63, 3.8) is 0 Å². The van der Waals surface area contributed by atoms with Crippen LogP contribution in [0.5, 0.6) is 0 Å². The molecule has 0 spiro atoms. The molecular formula is C22H24Cl2N2O2. The lowest BCUT2D eigenvalue weighted by Gasteiger charge is -2.18. The maximum absolute atomic E-state index is 12.6. The fourth-order valence-corrected chi connectivity index (χ4v) is 3.81. The maximum Gasteiger partial charge on any atom is 0.221 e. The number of rotatable bonds is 8. The van der Waals surface area contributed by atoms with E-state index in [1.807, 2.05) is 18.3 Å². The van der Waals surface area contributed by atoms with Gasteiger partial charge in [0.15, 0.2) is 0 Å². The zero-order valence-electron chi connectivity index (χ0n) is 16.0. The lowest BCUT2D eigenvalue weighted by molar-refractivity contribution is -0.121. The number of H-pyrrole nitrogens is 1. The number of fused-ring (bicyclic) bond motifs is 1. The van der Waals surface area contributed by atoms with Crippen LogP contribution in [0, 0.1) is 0 Å². The van der Waals surface area contributed by atoms with Crippen LogP contribution in [0.3, 0.4) is 0 Å². The molecule has 0 radical (unpaired) electrons. The van der Waals surface area contributed by atoms with E-state index in [0.29, 0.717) is 29.6 Å². The summed E-state index contributed by atoms with van der Waals surface area (Å²) >= 11 is 12.4. The highest BCUT2D eigenvalue weighted by Crippen LogP contribution is 2.36. The Labute approximate surface area is 175 Å². The smallest absolute Gasteiger partial charge is 0.221 e. The minimum atomic E-state index is -0.141. The molecule has 0 aliphatic rings. The Morgan fingerprint density at radius 2 is 2.04 bits per heavy atom. The Balaban J connectivity index is 2.01. The molecule has 6 heteroatoms. The number of para-hydroxylation sites is 1. The van der Waals surface area contributed by atoms with Crippen LogP contribution >= 0.6 is 23.2 Å². The molecule has 2 N–H and O–H groups in total. The second-order valence-electron chi connectivity index (χ2n) is 6.71. The van der Waals surface area contributed by atoms with Crippen molar-refractivity contribution in [3.8, 4) is 0 Å². The Bertz CT molecular complexity index is 968. The van der Waals surface area contributed by atoms with Gasteiger partial charge in [-0.15, -0.1) is 0 Å². The number of methoxy groups -OCH3 is 1. The van der Waals surface area contributed by atoms with Gasteiger partial charge in [-0.25, -0.2) is 0 Å². The summed E-state index contributed by atoms with van der Waals surface area (Å²) in [7, 11) is 1.61. The first-order chi connectivity index (χ1) is 13.5. The molecule has 148 valence electrons. The summed E-state index contributed by atoms with van der Waals surface area (Å²) < 4.78 is 5.01. The zero-order valence-corrected chi connectivity index (χ0v) is 17.5. The van der Waals surface area contributed by atoms with E-state index < -0.39 is 0 Å². The lowest BCUT2D eigenvalue weighted by atomic mass is 9.87. The standard InChI is InChI=1S/C22H24Cl2N2O2/c1-3-14-5-4-6-16-18(13-26-22(14)16)17(12-21(27)25-9-10-28-2)15-7-8-19(23)20(24)11-15/h4-8,11,13,17,26H,3,9-10,12H2,1-2H3,(H,25,27)/t17-/m0/s1. The minimum Gasteiger partial charge on any atom is -0.383 e. The van der Waals surface area contributed by atoms with Gasteiger partial charge in [-0.2, -0.15) is 0 Å². The van der Waals surface area contributed by atoms with Crippen LogP contribution in [0.1, 0.15) is 36.0 Å². The number of nitrogens with one attached hydrogen (secondary N) is 2. The van der Waals surface area contributed by atoms with E-state index in [1.54, 1.807) is 13.2 Å². The van der Waals surface area contributed by atoms with Gasteiger partial charge in [0.05, 0.1) is 16.7 Å². The number of hydrogen-bond donors (Lipinski definition) is 2. The summed E-state index contributed by atoms with van der Waals surface area (Å²) in [5.74, 6) is -0.174. The Kier molecular flexibility index (Phi) is 7.00. The first-order valence-corrected chi connectivity index (χ1v) is 10.1. The number of aromatic amines is 1. The van der Waals surface area contributed by atoms with Crippen molar-refractivity contribution < 1.29 is 9.53 Å². The topological polar surface area (TPSA) is 54.1 Å². The third-order valence-electron chi connectivity index (χ3n) is 4.95. The molecule has 0 bridgehead atoms. The number of carbonyl (C=O) groups excluding carboxylic acids is 1. The summed E-state index contributed by atoms with van der Waals surface area (Å²) in [5.41, 5.74) is 4.40. The summed E-state index contributed by atoms with van der Waals surface area (Å²) in [6.45, 7) is 3.10. The van der Waals surface area contributed by atoms with Crippen molar-refractivity contribution in [1.82, 2.24) is 10.3 Å². The Hall–Kier alpha value is -2.01. The molecule has 0 aliphatic carbocycles. The number of carbonyl (C=O) groups is 1. The van der Waals surface area contributed by atoms with Crippen LogP contribution in [0.25, 0.3) is 10.9 Å². The molecule has 3 aromatic rings. The van der Waals surface area contributed by atoms with Gasteiger partial charge in [0, 0.05) is 43.1 Å². The number of ether oxygens (including phenoxy) is 1. The summed E-state index contributed by atoms with van der Waals surface area (Å²) in [5, 5.41) is 5.02. The summed E-state index contributed by atoms with van der Waals surface area (Å²) in [4.78, 5) is 16.0. The van der Waals surface area contributed by atoms with Crippen molar-refractivity contribution in [2.75, 3.05) is 20.3 Å². The third-order valence-corrected chi connectivity index (χ3v) is 5.69. The largest absolute Gasteiger partial charge is 0.383 e. The van der Waals surface area contributed by atoms with Crippen LogP contribution < -0.4 is 5.32 Å². The normalized spacial score (nSPS) is 12.3. The highest BCUT2D eigenvalue weighted by atomic mass is 35.5. The first-order valence-electron chi connectivity index (χ1n) is 9.34. The maximum atomic E-state index is 12.6. The van der Waals surface area contributed by atoms with E-state index in [2.05, 4.69) is 35.4 Å². The van der Waals surface area contributed by atoms with Gasteiger partial charge in [-0.1, -0.05) is 54.4 Å². The first kappa shape index (κ1) is 20.7. The van der Waals surface area contributed by atoms with Gasteiger partial charge in [-0.05, 0) is 35.2 Å². The lowest BCUT2D eigenvalue weighted by Crippen LogP contribution is -2.28. The van der Waals surface area contributed by atoms with Gasteiger partial charge >= 0.3 is 0 Å². The predicted octanol–water partition coefficient (Wildman–Crippen LogP) is 5.32. The van der Waals surface area contributed by atoms with Gasteiger partial charge in [0.1, 0.15) is 0 Å². The van der Waals surface area contributed by atoms with Gasteiger partial charge in [0.2, 0.25) is 5.91 Å². The SMILES string of the molecule is CCc1cccc2c([C@@H](CC(=O)NCCOC)c3ccc(Cl)c(Cl)c3)c[nH]c12. The van der Waals surface area contributed by atoms with Crippen molar-refractivity contribution in [2.45, 2.75) is 25.7 Å². The highest BCUT2D eigenvalue weighted by molar-refractivity contribution is 6.42. The predicted molar refractivity (Wildman–Crippen MR) is 115 cm³/mol. The van der Waals surface area contributed by atoms with Crippen LogP contribution in [-0.2, 0) is 16.0 Å². The van der Waals surface area contributed by atoms with E-state index in [-0.39, 0.29) is 11.8 Å². The molecule has 4 nitrogen and oxygen atoms in total. The van der Waals surface area contributed by atoms with Gasteiger partial charge in [-0.3, -0.25) is 4.79 Å². The third kappa shape index (κ3) is 4.52. The fourth-order valence-electron chi connectivity index (χ4n) is 3.51. The molecule has 1 heterocycles. The quantitative estimate of drug-likeness (QED) is 0.486. The number of benzene rings is 2. The monoisotopic (exact) mass is 418 g/mol. The molecule has 0 saturated carbocycles. The average molecular weight is 419 g/mol. The molecule has 3 rings (SSSR count). The van der Waals surface area contributed by atoms with E-state index in [0.717, 1.165) is 28.5 Å². The Morgan fingerprint density at radius 3 is 2.75 bits per heavy atom. The molecule has 1 aromatic heterocycles. The van der Waals surface area contributed by atoms with Crippen molar-refractivity contribution in [1.29, 1.82) is 0 Å². The van der Waals surface area contributed by atoms with Crippen LogP contribution in [-0.4, -0.2) is 31.2 Å². The van der Waals surface area contributed by atoms with Crippen molar-refractivity contribution in [2.24, 2.45) is 0 Å². The molecule has 2 aromatic carbocycles. The van der Waals surface area contributed by atoms with Crippen LogP contribution in [0.15, 0.2) is 42.6 Å². The van der Waals surface area contributed by atoms with E-state index in [9.17, 15) is 4.79 Å². The summed E-state index contributed by atoms with van der Waals surface area (Å²) in [6, 6.07) is 11.8. The summed E-state index contributed by atoms with van der Waals surface area (Å²) in [6.07, 6.45) is 3.25. The van der Waals surface area contributed by atoms with E-state index >= 15 is 0 Å². The molecule has 0 fully saturated rings. The van der Waals surface area contributed by atoms with Crippen molar-refractivity contribution in [3.05, 3.63) is 69.3 Å². The van der Waals surface area contributed by atoms with Gasteiger partial charge < -0.3 is 15.0 Å². The minimum absolute atomic E-state index is 0.0332. The Morgan fingerprint density at radius 1 is 1.21 bits per heavy atom. The molecule has 0 saturated heterocycles. The second kappa shape index (κ2) is 9.46. The van der Waals surface area contributed by atoms with Crippen molar-refractivity contribution >= 4 is 40.0 Å². The zero-order chi connectivity index (χ0) is 20.1. The highest BCUT2D eigenvalue weighted by Gasteiger charge is 2.22. The number of amides is 1. The average Bonchev–Trinajstić information content (AvgIpc) is 3.12. The number of halogens is 2. The molecular weight excluding hydrogens is 395 g/mol. The number of hydrogen-bond acceptors (Lipinski definition) is 2. The molecule has 1 amide bonds. The van der Waals surface area contributed by atoms with E-state index in [1.165, 1.54) is 5.56 Å². The van der Waals surface area contributed by atoms with Gasteiger partial charge in [0.25, 0.3) is 0 Å². The molecule has 1 atom stereocenters. The molecule has 0 unspecified atom stereocenters. The fraction of sp³-hybridized carbons (Fsp3) is 0.318. The van der Waals surface area contributed by atoms with Crippen LogP contribution in [0.2, 0.25) is 10.0 Å². The molecule has 0 aliphatic heterocycles. The van der Waals surface area contributed by atoms with E-state index in [4.69, 9.17) is 27.9 Å². The van der Waals surface area contributed by atoms with Crippen LogP contribution in [0.4, 0.5) is 0 Å². The molecule has 28 heavy (non-hydrogen) atoms.